The molecule has 1 fully saturated rings. The van der Waals surface area contributed by atoms with Gasteiger partial charge in [0.1, 0.15) is 0 Å². The zero-order valence-electron chi connectivity index (χ0n) is 11.0. The molecule has 0 radical (unpaired) electrons. The lowest BCUT2D eigenvalue weighted by Gasteiger charge is -2.37. The first-order valence-corrected chi connectivity index (χ1v) is 7.35. The Morgan fingerprint density at radius 1 is 1.39 bits per heavy atom. The Morgan fingerprint density at radius 3 is 2.83 bits per heavy atom. The van der Waals surface area contributed by atoms with Crippen LogP contribution >= 0.6 is 15.9 Å². The molecular formula is C15H20BrNO. The zero-order chi connectivity index (χ0) is 13.2. The Kier molecular flexibility index (Phi) is 4.10. The van der Waals surface area contributed by atoms with Gasteiger partial charge in [-0.3, -0.25) is 4.79 Å². The molecule has 1 unspecified atom stereocenters. The molecule has 1 aromatic carbocycles. The van der Waals surface area contributed by atoms with Gasteiger partial charge in [-0.05, 0) is 36.5 Å². The van der Waals surface area contributed by atoms with Crippen molar-refractivity contribution in [3.63, 3.8) is 0 Å². The molecule has 0 bridgehead atoms. The molecule has 1 aliphatic carbocycles. The fraction of sp³-hybridized carbons (Fsp3) is 0.533. The number of hydrogen-bond donors (Lipinski definition) is 1. The molecular weight excluding hydrogens is 290 g/mol. The van der Waals surface area contributed by atoms with E-state index in [0.29, 0.717) is 0 Å². The largest absolute Gasteiger partial charge is 0.326 e. The van der Waals surface area contributed by atoms with Crippen LogP contribution in [-0.4, -0.2) is 5.91 Å². The van der Waals surface area contributed by atoms with Gasteiger partial charge in [0.2, 0.25) is 5.91 Å². The van der Waals surface area contributed by atoms with Gasteiger partial charge in [-0.2, -0.15) is 0 Å². The minimum Gasteiger partial charge on any atom is -0.326 e. The molecule has 1 amide bonds. The number of rotatable bonds is 2. The monoisotopic (exact) mass is 309 g/mol. The van der Waals surface area contributed by atoms with Crippen LogP contribution in [-0.2, 0) is 4.79 Å². The van der Waals surface area contributed by atoms with Crippen molar-refractivity contribution in [2.24, 2.45) is 11.3 Å². The highest BCUT2D eigenvalue weighted by Gasteiger charge is 2.37. The minimum absolute atomic E-state index is 0.119. The quantitative estimate of drug-likeness (QED) is 0.849. The normalized spacial score (nSPS) is 22.5. The summed E-state index contributed by atoms with van der Waals surface area (Å²) >= 11 is 3.42. The molecule has 1 N–H and O–H groups in total. The third-order valence-electron chi connectivity index (χ3n) is 3.92. The van der Waals surface area contributed by atoms with E-state index in [1.165, 1.54) is 12.8 Å². The zero-order valence-corrected chi connectivity index (χ0v) is 12.6. The maximum atomic E-state index is 12.4. The van der Waals surface area contributed by atoms with E-state index in [9.17, 15) is 4.79 Å². The number of carbonyl (C=O) groups excluding carboxylic acids is 1. The highest BCUT2D eigenvalue weighted by Crippen LogP contribution is 2.41. The van der Waals surface area contributed by atoms with Gasteiger partial charge >= 0.3 is 0 Å². The topological polar surface area (TPSA) is 29.1 Å². The van der Waals surface area contributed by atoms with Gasteiger partial charge < -0.3 is 5.32 Å². The van der Waals surface area contributed by atoms with Gasteiger partial charge in [0.25, 0.3) is 0 Å². The maximum Gasteiger partial charge on any atom is 0.228 e. The lowest BCUT2D eigenvalue weighted by atomic mass is 9.68. The maximum absolute atomic E-state index is 12.4. The summed E-state index contributed by atoms with van der Waals surface area (Å²) in [7, 11) is 0. The van der Waals surface area contributed by atoms with Gasteiger partial charge in [0, 0.05) is 16.1 Å². The molecule has 1 saturated carbocycles. The second kappa shape index (κ2) is 5.43. The van der Waals surface area contributed by atoms with E-state index in [-0.39, 0.29) is 17.2 Å². The molecule has 2 nitrogen and oxygen atoms in total. The van der Waals surface area contributed by atoms with Crippen molar-refractivity contribution in [3.05, 3.63) is 28.7 Å². The molecule has 1 aromatic rings. The Balaban J connectivity index is 2.07. The number of halogens is 1. The van der Waals surface area contributed by atoms with Crippen LogP contribution in [0.1, 0.15) is 39.5 Å². The van der Waals surface area contributed by atoms with Crippen LogP contribution < -0.4 is 5.32 Å². The molecule has 0 heterocycles. The van der Waals surface area contributed by atoms with Crippen molar-refractivity contribution in [1.82, 2.24) is 0 Å². The third-order valence-corrected chi connectivity index (χ3v) is 4.41. The van der Waals surface area contributed by atoms with E-state index < -0.39 is 0 Å². The number of carbonyl (C=O) groups is 1. The molecule has 3 heteroatoms. The first-order valence-electron chi connectivity index (χ1n) is 6.55. The highest BCUT2D eigenvalue weighted by molar-refractivity contribution is 9.10. The third kappa shape index (κ3) is 3.14. The van der Waals surface area contributed by atoms with Crippen molar-refractivity contribution in [2.75, 3.05) is 5.32 Å². The molecule has 1 aliphatic rings. The van der Waals surface area contributed by atoms with E-state index in [0.717, 1.165) is 23.0 Å². The summed E-state index contributed by atoms with van der Waals surface area (Å²) in [5, 5.41) is 3.04. The molecule has 0 saturated heterocycles. The minimum atomic E-state index is 0.119. The van der Waals surface area contributed by atoms with Crippen molar-refractivity contribution >= 4 is 27.5 Å². The van der Waals surface area contributed by atoms with Gasteiger partial charge in [0.05, 0.1) is 0 Å². The van der Waals surface area contributed by atoms with Crippen LogP contribution in [0.15, 0.2) is 28.7 Å². The second-order valence-electron chi connectivity index (χ2n) is 5.79. The number of nitrogens with one attached hydrogen (secondary N) is 1. The molecule has 1 atom stereocenters. The predicted molar refractivity (Wildman–Crippen MR) is 78.5 cm³/mol. The molecule has 2 rings (SSSR count). The summed E-state index contributed by atoms with van der Waals surface area (Å²) < 4.78 is 0.989. The fourth-order valence-corrected chi connectivity index (χ4v) is 3.17. The SMILES string of the molecule is CC1(C)CCCCC1C(=O)Nc1cccc(Br)c1. The van der Waals surface area contributed by atoms with Crippen molar-refractivity contribution < 1.29 is 4.79 Å². The average Bonchev–Trinajstić information content (AvgIpc) is 2.28. The van der Waals surface area contributed by atoms with Gasteiger partial charge in [-0.15, -0.1) is 0 Å². The number of anilines is 1. The molecule has 98 valence electrons. The standard InChI is InChI=1S/C15H20BrNO/c1-15(2)9-4-3-8-13(15)14(18)17-12-7-5-6-11(16)10-12/h5-7,10,13H,3-4,8-9H2,1-2H3,(H,17,18). The van der Waals surface area contributed by atoms with E-state index in [4.69, 9.17) is 0 Å². The van der Waals surface area contributed by atoms with Crippen LogP contribution in [0, 0.1) is 11.3 Å². The van der Waals surface area contributed by atoms with Crippen LogP contribution in [0.25, 0.3) is 0 Å². The van der Waals surface area contributed by atoms with Crippen LogP contribution in [0.5, 0.6) is 0 Å². The number of benzene rings is 1. The first kappa shape index (κ1) is 13.6. The van der Waals surface area contributed by atoms with Crippen LogP contribution in [0.3, 0.4) is 0 Å². The fourth-order valence-electron chi connectivity index (χ4n) is 2.78. The summed E-state index contributed by atoms with van der Waals surface area (Å²) in [4.78, 5) is 12.4. The van der Waals surface area contributed by atoms with E-state index in [2.05, 4.69) is 35.1 Å². The van der Waals surface area contributed by atoms with Gasteiger partial charge in [-0.1, -0.05) is 48.7 Å². The smallest absolute Gasteiger partial charge is 0.228 e. The van der Waals surface area contributed by atoms with E-state index in [1.807, 2.05) is 24.3 Å². The molecule has 0 aliphatic heterocycles. The van der Waals surface area contributed by atoms with Crippen molar-refractivity contribution in [3.8, 4) is 0 Å². The highest BCUT2D eigenvalue weighted by atomic mass is 79.9. The molecule has 0 spiro atoms. The average molecular weight is 310 g/mol. The van der Waals surface area contributed by atoms with Crippen LogP contribution in [0.4, 0.5) is 5.69 Å². The van der Waals surface area contributed by atoms with Crippen molar-refractivity contribution in [2.45, 2.75) is 39.5 Å². The Morgan fingerprint density at radius 2 is 2.17 bits per heavy atom. The van der Waals surface area contributed by atoms with Crippen molar-refractivity contribution in [1.29, 1.82) is 0 Å². The lowest BCUT2D eigenvalue weighted by Crippen LogP contribution is -2.37. The molecule has 0 aromatic heterocycles. The summed E-state index contributed by atoms with van der Waals surface area (Å²) in [6, 6.07) is 7.76. The first-order chi connectivity index (χ1) is 8.49. The second-order valence-corrected chi connectivity index (χ2v) is 6.70. The summed E-state index contributed by atoms with van der Waals surface area (Å²) in [5.74, 6) is 0.294. The Bertz CT molecular complexity index is 442. The predicted octanol–water partition coefficient (Wildman–Crippen LogP) is 4.60. The summed E-state index contributed by atoms with van der Waals surface area (Å²) in [5.41, 5.74) is 0.990. The summed E-state index contributed by atoms with van der Waals surface area (Å²) in [6.45, 7) is 4.41. The lowest BCUT2D eigenvalue weighted by molar-refractivity contribution is -0.124. The van der Waals surface area contributed by atoms with Crippen LogP contribution in [0.2, 0.25) is 0 Å². The van der Waals surface area contributed by atoms with E-state index >= 15 is 0 Å². The Hall–Kier alpha value is -0.830. The molecule has 18 heavy (non-hydrogen) atoms. The summed E-state index contributed by atoms with van der Waals surface area (Å²) in [6.07, 6.45) is 4.56. The van der Waals surface area contributed by atoms with E-state index in [1.54, 1.807) is 0 Å². The van der Waals surface area contributed by atoms with Gasteiger partial charge in [0.15, 0.2) is 0 Å². The number of hydrogen-bond acceptors (Lipinski definition) is 1. The number of amides is 1. The van der Waals surface area contributed by atoms with Gasteiger partial charge in [-0.25, -0.2) is 0 Å². The Labute approximate surface area is 117 Å².